The molecule has 0 amide bonds. The number of ketones is 1. The van der Waals surface area contributed by atoms with Crippen molar-refractivity contribution in [3.63, 3.8) is 0 Å². The highest BCUT2D eigenvalue weighted by atomic mass is 32.2. The van der Waals surface area contributed by atoms with E-state index in [4.69, 9.17) is 0 Å². The molecule has 1 aromatic heterocycles. The standard InChI is InChI=1S/C15H18FNO3S/c1-8(18)12-10-6-9(16)7-11(21(5,19)20)13(10)17-14(12)15(2,3)4/h6-7,17H,1-5H3. The predicted molar refractivity (Wildman–Crippen MR) is 80.1 cm³/mol. The number of nitrogens with one attached hydrogen (secondary N) is 1. The van der Waals surface area contributed by atoms with Gasteiger partial charge in [-0.25, -0.2) is 12.8 Å². The van der Waals surface area contributed by atoms with Crippen LogP contribution in [0.3, 0.4) is 0 Å². The first-order valence-corrected chi connectivity index (χ1v) is 8.38. The molecule has 21 heavy (non-hydrogen) atoms. The normalized spacial score (nSPS) is 12.9. The summed E-state index contributed by atoms with van der Waals surface area (Å²) < 4.78 is 37.5. The number of carbonyl (C=O) groups is 1. The zero-order valence-corrected chi connectivity index (χ0v) is 13.5. The maximum Gasteiger partial charge on any atom is 0.177 e. The quantitative estimate of drug-likeness (QED) is 0.866. The predicted octanol–water partition coefficient (Wildman–Crippen LogP) is 3.21. The lowest BCUT2D eigenvalue weighted by Crippen LogP contribution is -2.15. The topological polar surface area (TPSA) is 67.0 Å². The fourth-order valence-corrected chi connectivity index (χ4v) is 3.31. The SMILES string of the molecule is CC(=O)c1c(C(C)(C)C)[nH]c2c(S(C)(=O)=O)cc(F)cc12. The van der Waals surface area contributed by atoms with Crippen molar-refractivity contribution in [1.29, 1.82) is 0 Å². The maximum absolute atomic E-state index is 13.8. The van der Waals surface area contributed by atoms with Crippen LogP contribution in [0.1, 0.15) is 43.7 Å². The van der Waals surface area contributed by atoms with Gasteiger partial charge in [0.2, 0.25) is 0 Å². The summed E-state index contributed by atoms with van der Waals surface area (Å²) >= 11 is 0. The van der Waals surface area contributed by atoms with Gasteiger partial charge in [0.05, 0.1) is 10.4 Å². The molecule has 4 nitrogen and oxygen atoms in total. The Hall–Kier alpha value is -1.69. The lowest BCUT2D eigenvalue weighted by molar-refractivity contribution is 0.101. The second kappa shape index (κ2) is 4.66. The second-order valence-electron chi connectivity index (χ2n) is 6.28. The lowest BCUT2D eigenvalue weighted by atomic mass is 9.88. The van der Waals surface area contributed by atoms with Gasteiger partial charge in [0.1, 0.15) is 5.82 Å². The molecule has 0 atom stereocenters. The number of aromatic amines is 1. The van der Waals surface area contributed by atoms with Crippen LogP contribution in [0.5, 0.6) is 0 Å². The zero-order valence-electron chi connectivity index (χ0n) is 12.7. The van der Waals surface area contributed by atoms with Gasteiger partial charge in [-0.2, -0.15) is 0 Å². The summed E-state index contributed by atoms with van der Waals surface area (Å²) in [5.74, 6) is -0.902. The van der Waals surface area contributed by atoms with Gasteiger partial charge >= 0.3 is 0 Å². The van der Waals surface area contributed by atoms with E-state index in [0.717, 1.165) is 12.3 Å². The number of aromatic nitrogens is 1. The minimum absolute atomic E-state index is 0.129. The van der Waals surface area contributed by atoms with Crippen LogP contribution in [-0.2, 0) is 15.3 Å². The first-order valence-electron chi connectivity index (χ1n) is 6.49. The Kier molecular flexibility index (Phi) is 3.48. The van der Waals surface area contributed by atoms with Gasteiger partial charge in [-0.3, -0.25) is 4.79 Å². The fraction of sp³-hybridized carbons (Fsp3) is 0.400. The summed E-state index contributed by atoms with van der Waals surface area (Å²) in [5.41, 5.74) is 0.849. The number of benzene rings is 1. The number of Topliss-reactive ketones (excluding diaryl/α,β-unsaturated/α-hetero) is 1. The molecule has 0 aliphatic heterocycles. The third-order valence-corrected chi connectivity index (χ3v) is 4.46. The Labute approximate surface area is 123 Å². The van der Waals surface area contributed by atoms with Crippen molar-refractivity contribution >= 4 is 26.5 Å². The highest BCUT2D eigenvalue weighted by Crippen LogP contribution is 2.35. The van der Waals surface area contributed by atoms with E-state index < -0.39 is 21.1 Å². The minimum atomic E-state index is -3.61. The average molecular weight is 311 g/mol. The largest absolute Gasteiger partial charge is 0.356 e. The van der Waals surface area contributed by atoms with Gasteiger partial charge in [-0.15, -0.1) is 0 Å². The van der Waals surface area contributed by atoms with Crippen LogP contribution in [0.4, 0.5) is 4.39 Å². The van der Waals surface area contributed by atoms with Crippen LogP contribution in [0, 0.1) is 5.82 Å². The number of sulfone groups is 1. The van der Waals surface area contributed by atoms with E-state index in [0.29, 0.717) is 16.6 Å². The highest BCUT2D eigenvalue weighted by Gasteiger charge is 2.27. The summed E-state index contributed by atoms with van der Waals surface area (Å²) in [6.45, 7) is 7.10. The Morgan fingerprint density at radius 1 is 1.24 bits per heavy atom. The summed E-state index contributed by atoms with van der Waals surface area (Å²) in [6.07, 6.45) is 1.02. The third-order valence-electron chi connectivity index (χ3n) is 3.34. The van der Waals surface area contributed by atoms with Crippen molar-refractivity contribution in [2.75, 3.05) is 6.26 Å². The number of H-pyrrole nitrogens is 1. The van der Waals surface area contributed by atoms with Gasteiger partial charge < -0.3 is 4.98 Å². The zero-order chi connectivity index (χ0) is 16.2. The molecule has 0 spiro atoms. The molecule has 0 saturated carbocycles. The van der Waals surface area contributed by atoms with Gasteiger partial charge in [-0.1, -0.05) is 20.8 Å². The van der Waals surface area contributed by atoms with Gasteiger partial charge in [0.15, 0.2) is 15.6 Å². The first-order chi connectivity index (χ1) is 9.43. The average Bonchev–Trinajstić information content (AvgIpc) is 2.64. The molecular weight excluding hydrogens is 293 g/mol. The van der Waals surface area contributed by atoms with E-state index in [1.54, 1.807) is 0 Å². The number of fused-ring (bicyclic) bond motifs is 1. The summed E-state index contributed by atoms with van der Waals surface area (Å²) in [5, 5.41) is 0.313. The van der Waals surface area contributed by atoms with E-state index >= 15 is 0 Å². The van der Waals surface area contributed by atoms with E-state index in [-0.39, 0.29) is 16.2 Å². The lowest BCUT2D eigenvalue weighted by Gasteiger charge is -2.18. The number of carbonyl (C=O) groups excluding carboxylic acids is 1. The van der Waals surface area contributed by atoms with Crippen LogP contribution in [-0.4, -0.2) is 25.4 Å². The van der Waals surface area contributed by atoms with Crippen molar-refractivity contribution < 1.29 is 17.6 Å². The monoisotopic (exact) mass is 311 g/mol. The van der Waals surface area contributed by atoms with E-state index in [1.165, 1.54) is 13.0 Å². The molecule has 1 N–H and O–H groups in total. The molecule has 1 heterocycles. The third kappa shape index (κ3) is 2.72. The molecule has 0 aliphatic carbocycles. The molecule has 0 saturated heterocycles. The van der Waals surface area contributed by atoms with Gasteiger partial charge in [0.25, 0.3) is 0 Å². The van der Waals surface area contributed by atoms with E-state index in [1.807, 2.05) is 20.8 Å². The molecular formula is C15H18FNO3S. The van der Waals surface area contributed by atoms with Crippen molar-refractivity contribution in [3.05, 3.63) is 29.2 Å². The molecule has 0 radical (unpaired) electrons. The summed E-state index contributed by atoms with van der Waals surface area (Å²) in [7, 11) is -3.61. The van der Waals surface area contributed by atoms with Gasteiger partial charge in [-0.05, 0) is 19.1 Å². The summed E-state index contributed by atoms with van der Waals surface area (Å²) in [6, 6.07) is 2.18. The van der Waals surface area contributed by atoms with Crippen molar-refractivity contribution in [2.24, 2.45) is 0 Å². The molecule has 6 heteroatoms. The van der Waals surface area contributed by atoms with Crippen molar-refractivity contribution in [2.45, 2.75) is 38.0 Å². The van der Waals surface area contributed by atoms with E-state index in [2.05, 4.69) is 4.98 Å². The minimum Gasteiger partial charge on any atom is -0.356 e. The van der Waals surface area contributed by atoms with Crippen LogP contribution in [0.15, 0.2) is 17.0 Å². The molecule has 2 rings (SSSR count). The molecule has 2 aromatic rings. The molecule has 0 unspecified atom stereocenters. The first kappa shape index (κ1) is 15.7. The molecule has 1 aromatic carbocycles. The molecule has 114 valence electrons. The molecule has 0 bridgehead atoms. The van der Waals surface area contributed by atoms with Crippen LogP contribution in [0.25, 0.3) is 10.9 Å². The molecule has 0 fully saturated rings. The number of rotatable bonds is 2. The number of hydrogen-bond donors (Lipinski definition) is 1. The van der Waals surface area contributed by atoms with Crippen LogP contribution in [0.2, 0.25) is 0 Å². The van der Waals surface area contributed by atoms with E-state index in [9.17, 15) is 17.6 Å². The second-order valence-corrected chi connectivity index (χ2v) is 8.26. The van der Waals surface area contributed by atoms with Crippen LogP contribution >= 0.6 is 0 Å². The van der Waals surface area contributed by atoms with Crippen molar-refractivity contribution in [3.8, 4) is 0 Å². The highest BCUT2D eigenvalue weighted by molar-refractivity contribution is 7.91. The Bertz CT molecular complexity index is 842. The van der Waals surface area contributed by atoms with Crippen LogP contribution < -0.4 is 0 Å². The number of hydrogen-bond acceptors (Lipinski definition) is 3. The van der Waals surface area contributed by atoms with Crippen molar-refractivity contribution in [1.82, 2.24) is 4.98 Å². The Balaban J connectivity index is 3.05. The van der Waals surface area contributed by atoms with Gasteiger partial charge in [0, 0.05) is 28.3 Å². The molecule has 0 aliphatic rings. The maximum atomic E-state index is 13.8. The smallest absolute Gasteiger partial charge is 0.177 e. The summed E-state index contributed by atoms with van der Waals surface area (Å²) in [4.78, 5) is 14.9. The Morgan fingerprint density at radius 3 is 2.24 bits per heavy atom. The number of halogens is 1. The Morgan fingerprint density at radius 2 is 1.81 bits per heavy atom. The fourth-order valence-electron chi connectivity index (χ4n) is 2.45.